The Morgan fingerprint density at radius 3 is 1.85 bits per heavy atom. The molecule has 4 nitrogen and oxygen atoms in total. The molecule has 0 aromatic carbocycles. The number of ether oxygens (including phenoxy) is 1. The highest BCUT2D eigenvalue weighted by atomic mass is 28.4. The maximum absolute atomic E-state index is 12.2. The molecule has 152 valence electrons. The lowest BCUT2D eigenvalue weighted by atomic mass is 9.95. The average Bonchev–Trinajstić information content (AvgIpc) is 2.42. The molecule has 0 amide bonds. The van der Waals surface area contributed by atoms with Crippen molar-refractivity contribution in [3.63, 3.8) is 0 Å². The zero-order valence-electron chi connectivity index (χ0n) is 18.8. The molecule has 2 atom stereocenters. The summed E-state index contributed by atoms with van der Waals surface area (Å²) in [7, 11) is -2.41. The van der Waals surface area contributed by atoms with Gasteiger partial charge >= 0.3 is 5.97 Å². The van der Waals surface area contributed by atoms with Crippen LogP contribution in [0.25, 0.3) is 0 Å². The van der Waals surface area contributed by atoms with E-state index >= 15 is 0 Å². The van der Waals surface area contributed by atoms with E-state index in [1.807, 2.05) is 6.08 Å². The van der Waals surface area contributed by atoms with Crippen molar-refractivity contribution in [3.8, 4) is 0 Å². The SMILES string of the molecule is COC(=O)C1=C[C@H](O[Si](C)(C)C(C)(C)C)C[C@@H](O[Si](C)(C)C(C)(C)C)C1. The van der Waals surface area contributed by atoms with Crippen LogP contribution in [0.5, 0.6) is 0 Å². The van der Waals surface area contributed by atoms with Crippen LogP contribution in [0.3, 0.4) is 0 Å². The van der Waals surface area contributed by atoms with E-state index in [-0.39, 0.29) is 28.3 Å². The van der Waals surface area contributed by atoms with E-state index in [1.165, 1.54) is 7.11 Å². The van der Waals surface area contributed by atoms with Crippen molar-refractivity contribution in [2.75, 3.05) is 7.11 Å². The molecular formula is C20H40O4Si2. The topological polar surface area (TPSA) is 44.8 Å². The molecule has 0 bridgehead atoms. The molecule has 0 unspecified atom stereocenters. The van der Waals surface area contributed by atoms with Gasteiger partial charge < -0.3 is 13.6 Å². The summed E-state index contributed by atoms with van der Waals surface area (Å²) < 4.78 is 18.2. The van der Waals surface area contributed by atoms with Gasteiger partial charge in [0.25, 0.3) is 0 Å². The molecule has 0 N–H and O–H groups in total. The van der Waals surface area contributed by atoms with Crippen LogP contribution in [0.2, 0.25) is 36.3 Å². The minimum Gasteiger partial charge on any atom is -0.466 e. The van der Waals surface area contributed by atoms with Gasteiger partial charge in [0.05, 0.1) is 19.3 Å². The standard InChI is InChI=1S/C20H40O4Si2/c1-19(2,3)25(8,9)23-16-12-15(18(21)22-7)13-17(14-16)24-26(10,11)20(4,5)6/h12,16-17H,13-14H2,1-11H3/t16-,17-/m0/s1. The lowest BCUT2D eigenvalue weighted by molar-refractivity contribution is -0.136. The van der Waals surface area contributed by atoms with Crippen molar-refractivity contribution in [3.05, 3.63) is 11.6 Å². The third-order valence-corrected chi connectivity index (χ3v) is 15.3. The summed E-state index contributed by atoms with van der Waals surface area (Å²) in [6.07, 6.45) is 3.30. The first-order chi connectivity index (χ1) is 11.5. The lowest BCUT2D eigenvalue weighted by Crippen LogP contribution is -2.48. The molecule has 0 aromatic heterocycles. The highest BCUT2D eigenvalue weighted by Gasteiger charge is 2.43. The minimum absolute atomic E-state index is 0.00441. The summed E-state index contributed by atoms with van der Waals surface area (Å²) >= 11 is 0. The Morgan fingerprint density at radius 1 is 0.962 bits per heavy atom. The number of methoxy groups -OCH3 is 1. The van der Waals surface area contributed by atoms with Crippen LogP contribution < -0.4 is 0 Å². The van der Waals surface area contributed by atoms with Gasteiger partial charge in [0.2, 0.25) is 0 Å². The summed E-state index contributed by atoms with van der Waals surface area (Å²) in [4.78, 5) is 12.2. The second kappa shape index (κ2) is 7.90. The van der Waals surface area contributed by atoms with Crippen LogP contribution in [0.15, 0.2) is 11.6 Å². The second-order valence-electron chi connectivity index (χ2n) is 10.5. The van der Waals surface area contributed by atoms with Gasteiger partial charge in [-0.15, -0.1) is 0 Å². The van der Waals surface area contributed by atoms with Crippen LogP contribution >= 0.6 is 0 Å². The molecule has 1 aliphatic rings. The highest BCUT2D eigenvalue weighted by Crippen LogP contribution is 2.41. The summed E-state index contributed by atoms with van der Waals surface area (Å²) in [6.45, 7) is 22.4. The highest BCUT2D eigenvalue weighted by molar-refractivity contribution is 6.74. The van der Waals surface area contributed by atoms with Crippen LogP contribution in [0.4, 0.5) is 0 Å². The van der Waals surface area contributed by atoms with Crippen LogP contribution in [0.1, 0.15) is 54.4 Å². The number of esters is 1. The van der Waals surface area contributed by atoms with Crippen molar-refractivity contribution in [1.29, 1.82) is 0 Å². The fourth-order valence-corrected chi connectivity index (χ4v) is 5.19. The van der Waals surface area contributed by atoms with Gasteiger partial charge in [-0.2, -0.15) is 0 Å². The Bertz CT molecular complexity index is 539. The Morgan fingerprint density at radius 2 is 1.42 bits per heavy atom. The molecule has 0 radical (unpaired) electrons. The fourth-order valence-electron chi connectivity index (χ4n) is 2.55. The molecule has 0 fully saturated rings. The molecule has 0 aliphatic heterocycles. The lowest BCUT2D eigenvalue weighted by Gasteiger charge is -2.43. The van der Waals surface area contributed by atoms with E-state index in [0.717, 1.165) is 6.42 Å². The maximum atomic E-state index is 12.2. The van der Waals surface area contributed by atoms with E-state index in [1.54, 1.807) is 0 Å². The predicted octanol–water partition coefficient (Wildman–Crippen LogP) is 5.66. The maximum Gasteiger partial charge on any atom is 0.333 e. The average molecular weight is 401 g/mol. The van der Waals surface area contributed by atoms with Gasteiger partial charge in [-0.05, 0) is 42.3 Å². The van der Waals surface area contributed by atoms with Gasteiger partial charge in [0.1, 0.15) is 0 Å². The van der Waals surface area contributed by atoms with E-state index in [2.05, 4.69) is 67.7 Å². The van der Waals surface area contributed by atoms with E-state index in [0.29, 0.717) is 12.0 Å². The molecule has 0 heterocycles. The summed E-state index contributed by atoms with van der Waals surface area (Å²) in [5.41, 5.74) is 0.686. The molecule has 1 aliphatic carbocycles. The van der Waals surface area contributed by atoms with Gasteiger partial charge in [-0.1, -0.05) is 41.5 Å². The largest absolute Gasteiger partial charge is 0.466 e. The van der Waals surface area contributed by atoms with Crippen molar-refractivity contribution >= 4 is 22.6 Å². The molecule has 1 rings (SSSR count). The van der Waals surface area contributed by atoms with Crippen molar-refractivity contribution in [1.82, 2.24) is 0 Å². The monoisotopic (exact) mass is 400 g/mol. The number of carbonyl (C=O) groups excluding carboxylic acids is 1. The Kier molecular flexibility index (Phi) is 7.17. The van der Waals surface area contributed by atoms with Crippen molar-refractivity contribution in [2.24, 2.45) is 0 Å². The van der Waals surface area contributed by atoms with Gasteiger partial charge in [-0.3, -0.25) is 0 Å². The Balaban J connectivity index is 3.06. The van der Waals surface area contributed by atoms with Gasteiger partial charge in [-0.25, -0.2) is 4.79 Å². The smallest absolute Gasteiger partial charge is 0.333 e. The molecule has 0 saturated heterocycles. The van der Waals surface area contributed by atoms with E-state index in [4.69, 9.17) is 13.6 Å². The molecule has 26 heavy (non-hydrogen) atoms. The molecule has 6 heteroatoms. The first-order valence-corrected chi connectivity index (χ1v) is 15.5. The second-order valence-corrected chi connectivity index (χ2v) is 20.1. The fraction of sp³-hybridized carbons (Fsp3) is 0.850. The summed E-state index contributed by atoms with van der Waals surface area (Å²) in [6, 6.07) is 0. The quantitative estimate of drug-likeness (QED) is 0.441. The number of rotatable bonds is 5. The van der Waals surface area contributed by atoms with E-state index < -0.39 is 16.6 Å². The zero-order valence-corrected chi connectivity index (χ0v) is 20.8. The van der Waals surface area contributed by atoms with Crippen molar-refractivity contribution in [2.45, 2.75) is 103 Å². The third-order valence-electron chi connectivity index (χ3n) is 6.30. The van der Waals surface area contributed by atoms with E-state index in [9.17, 15) is 4.79 Å². The molecule has 0 saturated carbocycles. The predicted molar refractivity (Wildman–Crippen MR) is 113 cm³/mol. The van der Waals surface area contributed by atoms with Crippen LogP contribution in [-0.2, 0) is 18.4 Å². The van der Waals surface area contributed by atoms with Gasteiger partial charge in [0, 0.05) is 18.4 Å². The van der Waals surface area contributed by atoms with Crippen molar-refractivity contribution < 1.29 is 18.4 Å². The van der Waals surface area contributed by atoms with Crippen LogP contribution in [0, 0.1) is 0 Å². The zero-order chi connectivity index (χ0) is 20.6. The number of hydrogen-bond donors (Lipinski definition) is 0. The summed E-state index contributed by atoms with van der Waals surface area (Å²) in [5.74, 6) is -0.266. The number of hydrogen-bond acceptors (Lipinski definition) is 4. The normalized spacial score (nSPS) is 22.8. The number of carbonyl (C=O) groups is 1. The Hall–Kier alpha value is -0.436. The minimum atomic E-state index is -1.93. The first kappa shape index (κ1) is 23.6. The first-order valence-electron chi connectivity index (χ1n) is 9.65. The van der Waals surface area contributed by atoms with Crippen LogP contribution in [-0.4, -0.2) is 41.9 Å². The molecular weight excluding hydrogens is 360 g/mol. The molecule has 0 spiro atoms. The molecule has 0 aromatic rings. The van der Waals surface area contributed by atoms with Gasteiger partial charge in [0.15, 0.2) is 16.6 Å². The summed E-state index contributed by atoms with van der Waals surface area (Å²) in [5, 5.41) is 0.259. The Labute approximate surface area is 162 Å². The third kappa shape index (κ3) is 5.78.